The number of nitrogens with zero attached hydrogens (tertiary/aromatic N) is 11. The lowest BCUT2D eigenvalue weighted by Gasteiger charge is -2.33. The number of ether oxygens (including phenoxy) is 2. The van der Waals surface area contributed by atoms with Crippen molar-refractivity contribution in [2.45, 2.75) is 48.5 Å². The number of halogens is 2. The van der Waals surface area contributed by atoms with Gasteiger partial charge in [-0.05, 0) is 153 Å². The van der Waals surface area contributed by atoms with Crippen molar-refractivity contribution in [2.24, 2.45) is 27.0 Å². The fourth-order valence-corrected chi connectivity index (χ4v) is 11.4. The molecule has 2 aliphatic heterocycles. The SMILES string of the molecule is CCOC(=O)C(=O)Cl.CCOC(=O)C(=O)c1c[nH]c2ccc(C)cc12.CN1CCNCC1.CNN.Cc1ccc2[nH]c(=O)c3nn(C)cc3c2c1.Cc1ccc2[nH]ccc2c1.Cc1ccc2nc(Cl)c3nn(C)cc3c2c1.Cc1ccc2nc(N3CCN(C)CC3)c3nn(C)cc3c2c1. The van der Waals surface area contributed by atoms with Crippen molar-refractivity contribution < 1.29 is 28.7 Å². The highest BCUT2D eigenvalue weighted by Crippen LogP contribution is 2.32. The Kier molecular flexibility index (Phi) is 26.5. The van der Waals surface area contributed by atoms with Crippen LogP contribution in [-0.2, 0) is 45.0 Å². The fourth-order valence-electron chi connectivity index (χ4n) is 11.1. The Bertz CT molecular complexity index is 5020. The first-order valence-electron chi connectivity index (χ1n) is 32.4. The molecule has 0 atom stereocenters. The van der Waals surface area contributed by atoms with E-state index in [-0.39, 0.29) is 18.8 Å². The molecule has 24 nitrogen and oxygen atoms in total. The van der Waals surface area contributed by atoms with Crippen molar-refractivity contribution >= 4 is 139 Å². The number of hydrazine groups is 1. The Balaban J connectivity index is 0.000000150. The van der Waals surface area contributed by atoms with Gasteiger partial charge in [0.25, 0.3) is 11.3 Å². The number of aryl methyl sites for hydroxylation is 8. The van der Waals surface area contributed by atoms with Crippen LogP contribution in [0.3, 0.4) is 0 Å². The largest absolute Gasteiger partial charge is 0.460 e. The molecule has 15 rings (SSSR count). The lowest BCUT2D eigenvalue weighted by Crippen LogP contribution is -2.44. The molecule has 8 aromatic heterocycles. The third-order valence-corrected chi connectivity index (χ3v) is 16.4. The van der Waals surface area contributed by atoms with Crippen LogP contribution in [0, 0.1) is 34.6 Å². The second-order valence-corrected chi connectivity index (χ2v) is 24.8. The highest BCUT2D eigenvalue weighted by atomic mass is 35.5. The number of nitrogens with one attached hydrogen (secondary N) is 5. The monoisotopic (exact) mass is 1380 g/mol. The first-order chi connectivity index (χ1) is 47.4. The van der Waals surface area contributed by atoms with Crippen LogP contribution < -0.4 is 27.0 Å². The van der Waals surface area contributed by atoms with Gasteiger partial charge in [0.15, 0.2) is 16.5 Å². The van der Waals surface area contributed by atoms with Crippen LogP contribution in [0.1, 0.15) is 52.0 Å². The van der Waals surface area contributed by atoms with Gasteiger partial charge in [-0.2, -0.15) is 15.3 Å². The van der Waals surface area contributed by atoms with E-state index in [1.165, 1.54) is 57.0 Å². The average Bonchev–Trinajstić information content (AvgIpc) is 1.72. The Morgan fingerprint density at radius 1 is 0.545 bits per heavy atom. The number of piperazine rings is 2. The van der Waals surface area contributed by atoms with Crippen LogP contribution in [0.2, 0.25) is 5.15 Å². The maximum Gasteiger partial charge on any atom is 0.391 e. The maximum atomic E-state index is 11.8. The molecular formula is C73H87Cl2N17O7. The van der Waals surface area contributed by atoms with Gasteiger partial charge in [0.2, 0.25) is 0 Å². The summed E-state index contributed by atoms with van der Waals surface area (Å²) in [5.74, 6) is 3.22. The minimum atomic E-state index is -1.08. The van der Waals surface area contributed by atoms with Gasteiger partial charge in [0, 0.05) is 159 Å². The van der Waals surface area contributed by atoms with E-state index in [0.29, 0.717) is 16.2 Å². The summed E-state index contributed by atoms with van der Waals surface area (Å²) in [5, 5.41) is 24.4. The number of carbonyl (C=O) groups is 4. The van der Waals surface area contributed by atoms with E-state index in [0.717, 1.165) is 111 Å². The van der Waals surface area contributed by atoms with Crippen LogP contribution in [0.4, 0.5) is 5.82 Å². The first kappa shape index (κ1) is 74.9. The number of esters is 2. The van der Waals surface area contributed by atoms with Gasteiger partial charge >= 0.3 is 17.2 Å². The Morgan fingerprint density at radius 2 is 1.01 bits per heavy atom. The van der Waals surface area contributed by atoms with Gasteiger partial charge in [-0.3, -0.25) is 39.7 Å². The van der Waals surface area contributed by atoms with Gasteiger partial charge < -0.3 is 44.4 Å². The number of fused-ring (bicyclic) bond motifs is 11. The number of carbonyl (C=O) groups excluding carboxylic acids is 4. The molecule has 0 spiro atoms. The van der Waals surface area contributed by atoms with Crippen molar-refractivity contribution in [2.75, 3.05) is 91.6 Å². The lowest BCUT2D eigenvalue weighted by molar-refractivity contribution is -0.149. The number of aromatic nitrogens is 11. The van der Waals surface area contributed by atoms with Gasteiger partial charge in [0.05, 0.1) is 29.8 Å². The predicted molar refractivity (Wildman–Crippen MR) is 398 cm³/mol. The zero-order valence-corrected chi connectivity index (χ0v) is 59.8. The number of hydrogen-bond donors (Lipinski definition) is 6. The summed E-state index contributed by atoms with van der Waals surface area (Å²) in [6.45, 7) is 22.8. The number of H-pyrrole nitrogens is 3. The van der Waals surface area contributed by atoms with Gasteiger partial charge in [-0.1, -0.05) is 69.8 Å². The Morgan fingerprint density at radius 3 is 1.56 bits per heavy atom. The van der Waals surface area contributed by atoms with E-state index >= 15 is 0 Å². The van der Waals surface area contributed by atoms with Crippen LogP contribution in [0.25, 0.3) is 87.2 Å². The summed E-state index contributed by atoms with van der Waals surface area (Å²) in [6, 6.07) is 32.7. The van der Waals surface area contributed by atoms with Crippen molar-refractivity contribution in [1.29, 1.82) is 0 Å². The number of anilines is 1. The van der Waals surface area contributed by atoms with Crippen LogP contribution >= 0.6 is 23.2 Å². The van der Waals surface area contributed by atoms with E-state index < -0.39 is 23.0 Å². The molecule has 0 bridgehead atoms. The minimum Gasteiger partial charge on any atom is -0.460 e. The fraction of sp³-hybridized carbons (Fsp3) is 0.315. The standard InChI is InChI=1S/C17H21N5.C13H13NO3.C12H10ClN3.C12H11N3O.C9H9N.C5H12N2.C4H5ClO3.CH6N2/c1-12-4-5-15-13(10-12)14-11-21(3)19-16(14)17(18-15)22-8-6-20(2)7-9-22;1-3-17-13(16)12(15)10-7-14-11-5-4-8(2)6-9(10)11;1-7-3-4-10-8(5-7)9-6-16(2)15-11(9)12(13)14-10;1-7-3-4-10-8(5-7)9-6-15(2)14-11(9)12(16)13-10;1-7-2-3-9-8(6-7)4-5-10-9;1-7-4-2-6-3-5-7;1-2-8-4(7)3(5)6;1-3-2/h4-5,10-11H,6-9H2,1-3H3;4-7,14H,3H2,1-2H3;3-6H,1-2H3;3-6H,1-2H3,(H,13,16);2-6,10H,1H3;6H,2-5H2,1H3;2H2,1H3;3H,2H2,1H3. The summed E-state index contributed by atoms with van der Waals surface area (Å²) < 4.78 is 14.2. The first-order valence-corrected chi connectivity index (χ1v) is 33.1. The average molecular weight is 1390 g/mol. The second-order valence-electron chi connectivity index (χ2n) is 24.1. The van der Waals surface area contributed by atoms with Crippen molar-refractivity contribution in [1.82, 2.24) is 74.8 Å². The number of nitrogens with two attached hydrogens (primary N) is 1. The summed E-state index contributed by atoms with van der Waals surface area (Å²) in [7, 11) is 11.7. The highest BCUT2D eigenvalue weighted by Gasteiger charge is 2.23. The number of pyridine rings is 3. The lowest BCUT2D eigenvalue weighted by atomic mass is 10.1. The van der Waals surface area contributed by atoms with E-state index in [2.05, 4.69) is 167 Å². The quantitative estimate of drug-likeness (QED) is 0.0172. The molecule has 99 heavy (non-hydrogen) atoms. The summed E-state index contributed by atoms with van der Waals surface area (Å²) >= 11 is 10.8. The van der Waals surface area contributed by atoms with Gasteiger partial charge in [0.1, 0.15) is 11.0 Å². The summed E-state index contributed by atoms with van der Waals surface area (Å²) in [6.07, 6.45) is 9.48. The topological polar surface area (TPSA) is 290 Å². The van der Waals surface area contributed by atoms with E-state index in [1.54, 1.807) is 36.5 Å². The third kappa shape index (κ3) is 19.7. The summed E-state index contributed by atoms with van der Waals surface area (Å²) in [5.41, 5.74) is 15.6. The number of Topliss-reactive ketones (excluding diaryl/α,β-unsaturated/α-hetero) is 1. The van der Waals surface area contributed by atoms with Crippen molar-refractivity contribution in [3.8, 4) is 0 Å². The number of rotatable bonds is 6. The molecular weight excluding hydrogens is 1300 g/mol. The molecule has 0 aliphatic carbocycles. The number of ketones is 1. The minimum absolute atomic E-state index is 0.132. The molecule has 0 saturated carbocycles. The molecule has 5 aromatic carbocycles. The van der Waals surface area contributed by atoms with E-state index in [1.807, 2.05) is 101 Å². The molecule has 26 heteroatoms. The Labute approximate surface area is 583 Å². The maximum absolute atomic E-state index is 11.8. The van der Waals surface area contributed by atoms with Crippen LogP contribution in [0.5, 0.6) is 0 Å². The molecule has 10 heterocycles. The van der Waals surface area contributed by atoms with Gasteiger partial charge in [-0.25, -0.2) is 19.6 Å². The second kappa shape index (κ2) is 35.0. The molecule has 7 N–H and O–H groups in total. The van der Waals surface area contributed by atoms with Crippen LogP contribution in [-0.4, -0.2) is 174 Å². The zero-order chi connectivity index (χ0) is 71.6. The van der Waals surface area contributed by atoms with E-state index in [4.69, 9.17) is 32.9 Å². The zero-order valence-electron chi connectivity index (χ0n) is 58.3. The number of benzene rings is 5. The summed E-state index contributed by atoms with van der Waals surface area (Å²) in [4.78, 5) is 80.1. The smallest absolute Gasteiger partial charge is 0.391 e. The van der Waals surface area contributed by atoms with Crippen molar-refractivity contribution in [3.63, 3.8) is 0 Å². The predicted octanol–water partition coefficient (Wildman–Crippen LogP) is 10.6. The number of aromatic amines is 3. The third-order valence-electron chi connectivity index (χ3n) is 16.0. The van der Waals surface area contributed by atoms with Crippen molar-refractivity contribution in [3.05, 3.63) is 177 Å². The molecule has 2 fully saturated rings. The number of hydrogen-bond acceptors (Lipinski definition) is 18. The highest BCUT2D eigenvalue weighted by molar-refractivity contribution is 6.80. The molecule has 2 aliphatic rings. The number of likely N-dealkylation sites (N-methyl/N-ethyl adjacent to an activating group) is 2. The molecule has 0 radical (unpaired) electrons. The van der Waals surface area contributed by atoms with Crippen LogP contribution in [0.15, 0.2) is 133 Å². The normalized spacial score (nSPS) is 12.9. The molecule has 0 amide bonds. The molecule has 13 aromatic rings. The van der Waals surface area contributed by atoms with E-state index in [9.17, 15) is 24.0 Å². The molecule has 0 unspecified atom stereocenters. The molecule has 520 valence electrons. The Hall–Kier alpha value is -9.92. The molecule has 2 saturated heterocycles. The van der Waals surface area contributed by atoms with Gasteiger partial charge in [-0.15, -0.1) is 0 Å².